The van der Waals surface area contributed by atoms with Crippen LogP contribution in [0.4, 0.5) is 4.39 Å². The molecule has 1 aromatic carbocycles. The summed E-state index contributed by atoms with van der Waals surface area (Å²) < 4.78 is 19.1. The zero-order valence-electron chi connectivity index (χ0n) is 13.5. The van der Waals surface area contributed by atoms with Crippen molar-refractivity contribution in [2.45, 2.75) is 18.0 Å². The van der Waals surface area contributed by atoms with E-state index in [0.717, 1.165) is 5.56 Å². The van der Waals surface area contributed by atoms with Crippen molar-refractivity contribution >= 4 is 17.7 Å². The highest BCUT2D eigenvalue weighted by Gasteiger charge is 2.17. The summed E-state index contributed by atoms with van der Waals surface area (Å²) in [5.41, 5.74) is 0.929. The van der Waals surface area contributed by atoms with Crippen molar-refractivity contribution in [3.8, 4) is 0 Å². The largest absolute Gasteiger partial charge is 0.467 e. The van der Waals surface area contributed by atoms with Gasteiger partial charge >= 0.3 is 0 Å². The SMILES string of the molecule is O=C(CSc1ccccc1F)N(Cc1cccnc1)Cc1ccco1. The van der Waals surface area contributed by atoms with E-state index in [1.165, 1.54) is 17.8 Å². The standard InChI is InChI=1S/C19H17FN2O2S/c20-17-7-1-2-8-18(17)25-14-19(23)22(13-16-6-4-10-24-16)12-15-5-3-9-21-11-15/h1-11H,12-14H2. The van der Waals surface area contributed by atoms with Crippen molar-refractivity contribution in [1.82, 2.24) is 9.88 Å². The molecule has 2 aromatic heterocycles. The van der Waals surface area contributed by atoms with Crippen LogP contribution in [-0.2, 0) is 17.9 Å². The van der Waals surface area contributed by atoms with E-state index in [2.05, 4.69) is 4.98 Å². The lowest BCUT2D eigenvalue weighted by Crippen LogP contribution is -2.31. The molecule has 0 saturated heterocycles. The van der Waals surface area contributed by atoms with Gasteiger partial charge in [-0.2, -0.15) is 0 Å². The zero-order chi connectivity index (χ0) is 17.5. The third-order valence-corrected chi connectivity index (χ3v) is 4.60. The molecule has 128 valence electrons. The molecular formula is C19H17FN2O2S. The van der Waals surface area contributed by atoms with Crippen molar-refractivity contribution < 1.29 is 13.6 Å². The van der Waals surface area contributed by atoms with E-state index in [0.29, 0.717) is 23.7 Å². The average molecular weight is 356 g/mol. The van der Waals surface area contributed by atoms with Crippen LogP contribution < -0.4 is 0 Å². The third kappa shape index (κ3) is 4.93. The topological polar surface area (TPSA) is 46.3 Å². The fourth-order valence-electron chi connectivity index (χ4n) is 2.33. The molecule has 3 rings (SSSR count). The molecule has 0 bridgehead atoms. The molecule has 0 unspecified atom stereocenters. The molecular weight excluding hydrogens is 339 g/mol. The Kier molecular flexibility index (Phi) is 5.85. The van der Waals surface area contributed by atoms with Gasteiger partial charge in [-0.15, -0.1) is 11.8 Å². The van der Waals surface area contributed by atoms with Crippen LogP contribution in [-0.4, -0.2) is 21.5 Å². The molecule has 4 nitrogen and oxygen atoms in total. The summed E-state index contributed by atoms with van der Waals surface area (Å²) in [5, 5.41) is 0. The smallest absolute Gasteiger partial charge is 0.233 e. The van der Waals surface area contributed by atoms with Gasteiger partial charge in [0.15, 0.2) is 0 Å². The highest BCUT2D eigenvalue weighted by atomic mass is 32.2. The van der Waals surface area contributed by atoms with Gasteiger partial charge in [0.25, 0.3) is 0 Å². The molecule has 25 heavy (non-hydrogen) atoms. The van der Waals surface area contributed by atoms with Gasteiger partial charge in [0, 0.05) is 23.8 Å². The number of halogens is 1. The Hall–Kier alpha value is -2.60. The molecule has 0 saturated carbocycles. The van der Waals surface area contributed by atoms with Crippen LogP contribution in [0.15, 0.2) is 76.5 Å². The van der Waals surface area contributed by atoms with Crippen LogP contribution in [0.3, 0.4) is 0 Å². The minimum absolute atomic E-state index is 0.0893. The molecule has 0 spiro atoms. The van der Waals surface area contributed by atoms with Gasteiger partial charge in [-0.05, 0) is 35.9 Å². The highest BCUT2D eigenvalue weighted by Crippen LogP contribution is 2.22. The normalized spacial score (nSPS) is 10.6. The number of carbonyl (C=O) groups is 1. The van der Waals surface area contributed by atoms with E-state index in [9.17, 15) is 9.18 Å². The number of hydrogen-bond acceptors (Lipinski definition) is 4. The van der Waals surface area contributed by atoms with E-state index in [1.54, 1.807) is 47.8 Å². The lowest BCUT2D eigenvalue weighted by Gasteiger charge is -2.21. The second kappa shape index (κ2) is 8.48. The first kappa shape index (κ1) is 17.2. The molecule has 3 aromatic rings. The van der Waals surface area contributed by atoms with Crippen molar-refractivity contribution in [1.29, 1.82) is 0 Å². The quantitative estimate of drug-likeness (QED) is 0.597. The molecule has 1 amide bonds. The van der Waals surface area contributed by atoms with Gasteiger partial charge < -0.3 is 9.32 Å². The van der Waals surface area contributed by atoms with Crippen molar-refractivity contribution in [3.63, 3.8) is 0 Å². The first-order valence-electron chi connectivity index (χ1n) is 7.79. The van der Waals surface area contributed by atoms with Gasteiger partial charge in [-0.25, -0.2) is 4.39 Å². The lowest BCUT2D eigenvalue weighted by atomic mass is 10.2. The second-order valence-corrected chi connectivity index (χ2v) is 6.43. The number of furan rings is 1. The van der Waals surface area contributed by atoms with E-state index < -0.39 is 0 Å². The fraction of sp³-hybridized carbons (Fsp3) is 0.158. The zero-order valence-corrected chi connectivity index (χ0v) is 14.3. The summed E-state index contributed by atoms with van der Waals surface area (Å²) in [6.45, 7) is 0.782. The maximum Gasteiger partial charge on any atom is 0.233 e. The monoisotopic (exact) mass is 356 g/mol. The predicted molar refractivity (Wildman–Crippen MR) is 94.3 cm³/mol. The number of hydrogen-bond donors (Lipinski definition) is 0. The van der Waals surface area contributed by atoms with E-state index in [-0.39, 0.29) is 17.5 Å². The molecule has 0 aliphatic carbocycles. The Morgan fingerprint density at radius 1 is 1.12 bits per heavy atom. The number of thioether (sulfide) groups is 1. The minimum Gasteiger partial charge on any atom is -0.467 e. The Labute approximate surface area is 149 Å². The Bertz CT molecular complexity index is 809. The van der Waals surface area contributed by atoms with Crippen LogP contribution in [0.25, 0.3) is 0 Å². The summed E-state index contributed by atoms with van der Waals surface area (Å²) in [6.07, 6.45) is 5.00. The highest BCUT2D eigenvalue weighted by molar-refractivity contribution is 8.00. The summed E-state index contributed by atoms with van der Waals surface area (Å²) >= 11 is 1.19. The molecule has 6 heteroatoms. The number of nitrogens with zero attached hydrogens (tertiary/aromatic N) is 2. The number of amides is 1. The fourth-order valence-corrected chi connectivity index (χ4v) is 3.17. The third-order valence-electron chi connectivity index (χ3n) is 3.56. The van der Waals surface area contributed by atoms with Crippen molar-refractivity contribution in [2.75, 3.05) is 5.75 Å². The number of rotatable bonds is 7. The Morgan fingerprint density at radius 2 is 2.00 bits per heavy atom. The summed E-state index contributed by atoms with van der Waals surface area (Å²) in [7, 11) is 0. The van der Waals surface area contributed by atoms with E-state index in [1.807, 2.05) is 18.2 Å². The summed E-state index contributed by atoms with van der Waals surface area (Å²) in [4.78, 5) is 18.9. The average Bonchev–Trinajstić information content (AvgIpc) is 3.14. The second-order valence-electron chi connectivity index (χ2n) is 5.41. The first-order valence-corrected chi connectivity index (χ1v) is 8.77. The Morgan fingerprint density at radius 3 is 2.72 bits per heavy atom. The molecule has 0 aliphatic heterocycles. The van der Waals surface area contributed by atoms with Crippen LogP contribution in [0.5, 0.6) is 0 Å². The van der Waals surface area contributed by atoms with Crippen molar-refractivity contribution in [2.24, 2.45) is 0 Å². The van der Waals surface area contributed by atoms with Gasteiger partial charge in [-0.3, -0.25) is 9.78 Å². The molecule has 0 aliphatic rings. The first-order chi connectivity index (χ1) is 12.2. The lowest BCUT2D eigenvalue weighted by molar-refractivity contribution is -0.129. The van der Waals surface area contributed by atoms with Crippen LogP contribution in [0.2, 0.25) is 0 Å². The van der Waals surface area contributed by atoms with Gasteiger partial charge in [-0.1, -0.05) is 18.2 Å². The van der Waals surface area contributed by atoms with E-state index in [4.69, 9.17) is 4.42 Å². The van der Waals surface area contributed by atoms with Crippen LogP contribution in [0, 0.1) is 5.82 Å². The van der Waals surface area contributed by atoms with Gasteiger partial charge in [0.05, 0.1) is 18.6 Å². The number of benzene rings is 1. The van der Waals surface area contributed by atoms with E-state index >= 15 is 0 Å². The predicted octanol–water partition coefficient (Wildman–Crippen LogP) is 4.13. The minimum atomic E-state index is -0.315. The molecule has 0 radical (unpaired) electrons. The van der Waals surface area contributed by atoms with Gasteiger partial charge in [0.2, 0.25) is 5.91 Å². The molecule has 0 atom stereocenters. The Balaban J connectivity index is 1.69. The molecule has 0 N–H and O–H groups in total. The maximum absolute atomic E-state index is 13.7. The number of pyridine rings is 1. The summed E-state index contributed by atoms with van der Waals surface area (Å²) in [5.74, 6) is 0.453. The number of aromatic nitrogens is 1. The van der Waals surface area contributed by atoms with Crippen LogP contribution in [0.1, 0.15) is 11.3 Å². The summed E-state index contributed by atoms with van der Waals surface area (Å²) in [6, 6.07) is 13.8. The van der Waals surface area contributed by atoms with Gasteiger partial charge in [0.1, 0.15) is 11.6 Å². The number of carbonyl (C=O) groups excluding carboxylic acids is 1. The molecule has 2 heterocycles. The van der Waals surface area contributed by atoms with Crippen molar-refractivity contribution in [3.05, 3.63) is 84.3 Å². The molecule has 0 fully saturated rings. The maximum atomic E-state index is 13.7. The van der Waals surface area contributed by atoms with Crippen LogP contribution >= 0.6 is 11.8 Å².